The molecule has 0 aliphatic carbocycles. The molecule has 0 atom stereocenters. The van der Waals surface area contributed by atoms with E-state index in [2.05, 4.69) is 250 Å². The van der Waals surface area contributed by atoms with Crippen molar-refractivity contribution in [2.75, 3.05) is 16.5 Å². The predicted molar refractivity (Wildman–Crippen MR) is 376 cm³/mol. The van der Waals surface area contributed by atoms with E-state index in [-0.39, 0.29) is 56.8 Å². The van der Waals surface area contributed by atoms with Gasteiger partial charge >= 0.3 is 0 Å². The van der Waals surface area contributed by atoms with Crippen LogP contribution in [0.5, 0.6) is 11.5 Å². The smallest absolute Gasteiger partial charge is 0.204 e. The molecule has 9 aromatic carbocycles. The minimum Gasteiger partial charge on any atom is -0.457 e. The first kappa shape index (κ1) is 52.2. The monoisotopic (exact) mass is 1170 g/mol. The Morgan fingerprint density at radius 2 is 1.11 bits per heavy atom. The Morgan fingerprint density at radius 1 is 0.500 bits per heavy atom. The van der Waals surface area contributed by atoms with E-state index in [0.29, 0.717) is 29.4 Å². The molecule has 0 spiro atoms. The minimum absolute atomic E-state index is 0.138. The van der Waals surface area contributed by atoms with E-state index in [1.807, 2.05) is 36.5 Å². The van der Waals surface area contributed by atoms with Gasteiger partial charge in [0.25, 0.3) is 0 Å². The summed E-state index contributed by atoms with van der Waals surface area (Å²) in [5.41, 5.74) is 15.5. The number of pyridine rings is 1. The molecule has 0 amide bonds. The molecule has 12 aromatic rings. The van der Waals surface area contributed by atoms with Crippen molar-refractivity contribution < 1.29 is 11.6 Å². The predicted octanol–water partition coefficient (Wildman–Crippen LogP) is 23.6. The molecular weight excluding hydrogens is 1090 g/mol. The van der Waals surface area contributed by atoms with Crippen molar-refractivity contribution in [2.45, 2.75) is 131 Å². The molecule has 0 saturated carbocycles. The van der Waals surface area contributed by atoms with Gasteiger partial charge in [-0.25, -0.2) is 9.83 Å². The number of rotatable bonds is 8. The topological polar surface area (TPSA) is 37.9 Å². The zero-order valence-corrected chi connectivity index (χ0v) is 54.2. The lowest BCUT2D eigenvalue weighted by molar-refractivity contribution is 0.483. The Bertz CT molecular complexity index is 5020. The maximum Gasteiger partial charge on any atom is 0.204 e. The molecule has 4 heterocycles. The number of ether oxygens (including phenoxy) is 1. The van der Waals surface area contributed by atoms with Gasteiger partial charge < -0.3 is 14.5 Å². The molecule has 0 saturated heterocycles. The van der Waals surface area contributed by atoms with Crippen LogP contribution in [0.4, 0.5) is 28.4 Å². The second-order valence-electron chi connectivity index (χ2n) is 28.9. The Morgan fingerprint density at radius 3 is 1.76 bits per heavy atom. The van der Waals surface area contributed by atoms with E-state index in [0.717, 1.165) is 98.4 Å². The average Bonchev–Trinajstić information content (AvgIpc) is 1.60. The van der Waals surface area contributed by atoms with Crippen molar-refractivity contribution >= 4 is 81.8 Å². The molecule has 1 aliphatic heterocycles. The molecule has 0 N–H and O–H groups in total. The zero-order chi connectivity index (χ0) is 66.3. The highest BCUT2D eigenvalue weighted by molar-refractivity contribution is 7.27. The molecule has 88 heavy (non-hydrogen) atoms. The van der Waals surface area contributed by atoms with E-state index in [1.165, 1.54) is 22.3 Å². The molecule has 7 heteroatoms. The largest absolute Gasteiger partial charge is 0.457 e. The lowest BCUT2D eigenvalue weighted by Gasteiger charge is -2.31. The summed E-state index contributed by atoms with van der Waals surface area (Å²) in [6, 6.07) is 53.8. The van der Waals surface area contributed by atoms with Crippen LogP contribution in [-0.4, -0.2) is 16.2 Å². The molecule has 0 fully saturated rings. The normalized spacial score (nSPS) is 14.1. The molecule has 440 valence electrons. The summed E-state index contributed by atoms with van der Waals surface area (Å²) in [5.74, 6) is 2.06. The first-order valence-electron chi connectivity index (χ1n) is 33.1. The number of benzene rings is 9. The molecule has 1 aliphatic rings. The third-order valence-electron chi connectivity index (χ3n) is 17.5. The number of nitrogens with zero attached hydrogens (tertiary/aromatic N) is 5. The maximum atomic E-state index is 9.51. The van der Waals surface area contributed by atoms with Crippen molar-refractivity contribution in [3.8, 4) is 50.7 Å². The Hall–Kier alpha value is -8.96. The van der Waals surface area contributed by atoms with Gasteiger partial charge in [0.1, 0.15) is 24.0 Å². The fourth-order valence-electron chi connectivity index (χ4n) is 12.8. The Kier molecular flexibility index (Phi) is 12.5. The SMILES string of the molecule is [2H]c1c([2H])c([2H])c(-c2cccc(-c3cc(C(C)(C)C)cc(C(C)(C)C)c3)c2N2CN(c3cc(Oc4ccc5c6c7sc8c([N+]#[C-])cccc8c7ccc6n(-c6cc(C(C)(C)C)ccn6)c5c4)cc(-c4c(C(C)(C)C)cccc4C(C)(C)C)c3)c3ccccc32)c([2H])c1[2H]. The summed E-state index contributed by atoms with van der Waals surface area (Å²) < 4.78 is 57.5. The fraction of sp³-hybridized carbons (Fsp3) is 0.259. The van der Waals surface area contributed by atoms with E-state index in [9.17, 15) is 2.74 Å². The highest BCUT2D eigenvalue weighted by atomic mass is 32.1. The van der Waals surface area contributed by atoms with Crippen molar-refractivity contribution in [2.24, 2.45) is 0 Å². The van der Waals surface area contributed by atoms with Crippen LogP contribution >= 0.6 is 11.3 Å². The van der Waals surface area contributed by atoms with Crippen molar-refractivity contribution in [1.82, 2.24) is 9.55 Å². The summed E-state index contributed by atoms with van der Waals surface area (Å²) >= 11 is 1.67. The number of fused-ring (bicyclic) bond motifs is 8. The molecule has 6 nitrogen and oxygen atoms in total. The van der Waals surface area contributed by atoms with E-state index in [4.69, 9.17) is 20.4 Å². The fourth-order valence-corrected chi connectivity index (χ4v) is 14.2. The van der Waals surface area contributed by atoms with Crippen LogP contribution in [0, 0.1) is 6.57 Å². The van der Waals surface area contributed by atoms with Gasteiger partial charge in [0.2, 0.25) is 5.69 Å². The van der Waals surface area contributed by atoms with Gasteiger partial charge in [0, 0.05) is 55.3 Å². The lowest BCUT2D eigenvalue weighted by Crippen LogP contribution is -2.25. The van der Waals surface area contributed by atoms with Crippen LogP contribution in [0.1, 0.15) is 139 Å². The molecular formula is C81H79N5OS. The van der Waals surface area contributed by atoms with Crippen LogP contribution < -0.4 is 14.5 Å². The van der Waals surface area contributed by atoms with Crippen LogP contribution in [0.15, 0.2) is 194 Å². The van der Waals surface area contributed by atoms with Gasteiger partial charge in [-0.05, 0) is 143 Å². The van der Waals surface area contributed by atoms with Crippen molar-refractivity contribution in [3.63, 3.8) is 0 Å². The summed E-state index contributed by atoms with van der Waals surface area (Å²) in [6.07, 6.45) is 1.91. The Labute approximate surface area is 531 Å². The number of para-hydroxylation sites is 3. The lowest BCUT2D eigenvalue weighted by atomic mass is 9.74. The molecule has 0 unspecified atom stereocenters. The molecule has 0 radical (unpaired) electrons. The summed E-state index contributed by atoms with van der Waals surface area (Å²) in [6.45, 7) is 42.1. The van der Waals surface area contributed by atoms with Gasteiger partial charge in [-0.2, -0.15) is 0 Å². The third-order valence-corrected chi connectivity index (χ3v) is 18.8. The summed E-state index contributed by atoms with van der Waals surface area (Å²) in [4.78, 5) is 13.6. The van der Waals surface area contributed by atoms with Crippen LogP contribution in [0.3, 0.4) is 0 Å². The molecule has 3 aromatic heterocycles. The number of hydrogen-bond acceptors (Lipinski definition) is 5. The van der Waals surface area contributed by atoms with E-state index >= 15 is 0 Å². The second-order valence-corrected chi connectivity index (χ2v) is 29.9. The minimum atomic E-state index is -0.437. The highest BCUT2D eigenvalue weighted by Gasteiger charge is 2.34. The maximum absolute atomic E-state index is 9.51. The van der Waals surface area contributed by atoms with Crippen LogP contribution in [0.25, 0.3) is 86.0 Å². The molecule has 13 rings (SSSR count). The first-order chi connectivity index (χ1) is 43.8. The number of aromatic nitrogens is 2. The van der Waals surface area contributed by atoms with E-state index in [1.54, 1.807) is 11.3 Å². The highest BCUT2D eigenvalue weighted by Crippen LogP contribution is 2.53. The summed E-state index contributed by atoms with van der Waals surface area (Å²) in [7, 11) is 0. The molecule has 0 bridgehead atoms. The zero-order valence-electron chi connectivity index (χ0n) is 58.3. The quantitative estimate of drug-likeness (QED) is 0.142. The van der Waals surface area contributed by atoms with Gasteiger partial charge in [0.15, 0.2) is 0 Å². The Balaban J connectivity index is 1.05. The van der Waals surface area contributed by atoms with E-state index < -0.39 is 6.04 Å². The average molecular weight is 1180 g/mol. The second kappa shape index (κ2) is 21.1. The standard InChI is InChI=1S/C81H79N5OS/c1-77(2,3)53-39-40-83-71(46-53)86-69-38-37-62-61-29-23-32-66(82-16)75(61)88-76(62)73(69)63-36-35-57(48-70(63)86)87-58-44-52(72-64(80(10,11)12)30-24-31-65(72)81(13,14)15)43-56(47-58)84-49-85(68-34-21-20-33-67(68)84)74-59(50-25-18-17-19-26-50)27-22-28-60(74)51-41-54(78(4,5)6)45-55(42-51)79(7,8)9/h17-48H,49H2,1-15H3/i17D,18D,19D,25D,26D. The van der Waals surface area contributed by atoms with Gasteiger partial charge in [-0.3, -0.25) is 4.57 Å². The third kappa shape index (κ3) is 10.3. The van der Waals surface area contributed by atoms with Gasteiger partial charge in [0.05, 0.1) is 41.5 Å². The number of hydrogen-bond donors (Lipinski definition) is 0. The van der Waals surface area contributed by atoms with Gasteiger partial charge in [-0.15, -0.1) is 11.3 Å². The van der Waals surface area contributed by atoms with Gasteiger partial charge in [-0.1, -0.05) is 225 Å². The van der Waals surface area contributed by atoms with Crippen LogP contribution in [-0.2, 0) is 27.1 Å². The number of anilines is 4. The first-order valence-corrected chi connectivity index (χ1v) is 31.4. The van der Waals surface area contributed by atoms with Crippen molar-refractivity contribution in [1.29, 1.82) is 0 Å². The summed E-state index contributed by atoms with van der Waals surface area (Å²) in [5, 5.41) is 4.32. The van der Waals surface area contributed by atoms with Crippen LogP contribution in [0.2, 0.25) is 0 Å². The van der Waals surface area contributed by atoms with Crippen molar-refractivity contribution in [3.05, 3.63) is 233 Å². The number of thiophene rings is 1.